The molecule has 3 aliphatic rings. The van der Waals surface area contributed by atoms with Crippen LogP contribution in [0.2, 0.25) is 0 Å². The number of hydrogen-bond donors (Lipinski definition) is 0. The molecule has 0 aromatic rings. The summed E-state index contributed by atoms with van der Waals surface area (Å²) in [7, 11) is 2.10. The van der Waals surface area contributed by atoms with Gasteiger partial charge in [0, 0.05) is 5.08 Å². The molecule has 3 rings (SSSR count). The highest BCUT2D eigenvalue weighted by atomic mass is 33.0. The first kappa shape index (κ1) is 4.51. The average Bonchev–Trinajstić information content (AvgIpc) is 2.58. The highest BCUT2D eigenvalue weighted by Crippen LogP contribution is 2.61. The van der Waals surface area contributed by atoms with Gasteiger partial charge >= 0.3 is 0 Å². The minimum absolute atomic E-state index is 1.05. The fourth-order valence-corrected chi connectivity index (χ4v) is 10.5. The van der Waals surface area contributed by atoms with Crippen molar-refractivity contribution >= 4 is 18.9 Å². The lowest BCUT2D eigenvalue weighted by molar-refractivity contribution is 0.847. The monoisotopic (exact) mass is 146 g/mol. The van der Waals surface area contributed by atoms with Gasteiger partial charge in [-0.3, -0.25) is 0 Å². The van der Waals surface area contributed by atoms with Crippen LogP contribution in [-0.2, 0) is 18.9 Å². The second-order valence-corrected chi connectivity index (χ2v) is 9.49. The molecule has 0 aromatic carbocycles. The first-order chi connectivity index (χ1) is 3.93. The minimum Gasteiger partial charge on any atom is -0.133 e. The van der Waals surface area contributed by atoms with Crippen LogP contribution in [-0.4, -0.2) is 9.16 Å². The summed E-state index contributed by atoms with van der Waals surface area (Å²) in [6, 6.07) is 0. The molecule has 0 N–H and O–H groups in total. The van der Waals surface area contributed by atoms with E-state index in [1.165, 1.54) is 0 Å². The highest BCUT2D eigenvalue weighted by Gasteiger charge is 2.62. The molecule has 1 aliphatic carbocycles. The predicted molar refractivity (Wildman–Crippen MR) is 40.8 cm³/mol. The first-order valence-electron chi connectivity index (χ1n) is 3.36. The Balaban J connectivity index is 1.92. The summed E-state index contributed by atoms with van der Waals surface area (Å²) in [5.74, 6) is 0. The lowest BCUT2D eigenvalue weighted by Crippen LogP contribution is -2.21. The molecule has 2 atom stereocenters. The molecule has 2 heterocycles. The summed E-state index contributed by atoms with van der Waals surface area (Å²) in [6.45, 7) is 0. The Hall–Kier alpha value is 0.700. The second kappa shape index (κ2) is 1.10. The molecule has 1 fully saturated rings. The lowest BCUT2D eigenvalue weighted by Gasteiger charge is -2.15. The van der Waals surface area contributed by atoms with Crippen molar-refractivity contribution in [1.82, 2.24) is 0 Å². The van der Waals surface area contributed by atoms with Gasteiger partial charge in [-0.15, -0.1) is 18.9 Å². The molecule has 0 nitrogen and oxygen atoms in total. The van der Waals surface area contributed by atoms with Crippen molar-refractivity contribution in [1.29, 1.82) is 0 Å². The van der Waals surface area contributed by atoms with Crippen LogP contribution < -0.4 is 0 Å². The fourth-order valence-electron chi connectivity index (χ4n) is 1.92. The van der Waals surface area contributed by atoms with Gasteiger partial charge in [-0.25, -0.2) is 0 Å². The summed E-state index contributed by atoms with van der Waals surface area (Å²) in [5, 5.41) is 1.67. The Labute approximate surface area is 54.2 Å². The Bertz CT molecular complexity index is 173. The van der Waals surface area contributed by atoms with E-state index in [-0.39, 0.29) is 0 Å². The van der Waals surface area contributed by atoms with Crippen molar-refractivity contribution in [2.24, 2.45) is 0 Å². The van der Waals surface area contributed by atoms with Crippen LogP contribution in [0.1, 0.15) is 25.7 Å². The maximum absolute atomic E-state index is 1.67. The molecule has 46 valence electrons. The van der Waals surface area contributed by atoms with Gasteiger partial charge in [0.25, 0.3) is 0 Å². The molecule has 0 saturated heterocycles. The summed E-state index contributed by atoms with van der Waals surface area (Å²) < 4.78 is 1.06. The molecule has 0 bridgehead atoms. The molecule has 0 amide bonds. The van der Waals surface area contributed by atoms with Crippen molar-refractivity contribution < 1.29 is 0 Å². The van der Waals surface area contributed by atoms with Crippen molar-refractivity contribution in [2.75, 3.05) is 5.08 Å². The van der Waals surface area contributed by atoms with Crippen molar-refractivity contribution in [2.45, 2.75) is 29.8 Å². The van der Waals surface area contributed by atoms with Gasteiger partial charge in [0.15, 0.2) is 0 Å². The lowest BCUT2D eigenvalue weighted by atomic mass is 10.4. The summed E-state index contributed by atoms with van der Waals surface area (Å²) in [6.07, 6.45) is 6.37. The molecular formula is C6H10S2. The normalized spacial score (nSPS) is 54.0. The van der Waals surface area contributed by atoms with Crippen LogP contribution in [0.15, 0.2) is 0 Å². The maximum Gasteiger partial charge on any atom is 0.0627 e. The second-order valence-electron chi connectivity index (χ2n) is 2.93. The van der Waals surface area contributed by atoms with E-state index in [1.54, 1.807) is 30.8 Å². The van der Waals surface area contributed by atoms with E-state index in [1.807, 2.05) is 0 Å². The van der Waals surface area contributed by atoms with Crippen molar-refractivity contribution in [3.05, 3.63) is 0 Å². The molecule has 2 heteroatoms. The average molecular weight is 146 g/mol. The van der Waals surface area contributed by atoms with Gasteiger partial charge in [0.2, 0.25) is 0 Å². The molecule has 0 radical (unpaired) electrons. The molecule has 1 spiro atoms. The maximum atomic E-state index is 1.67. The Kier molecular flexibility index (Phi) is 0.621. The number of fused-ring (bicyclic) bond motifs is 2. The van der Waals surface area contributed by atoms with E-state index in [0.717, 1.165) is 23.0 Å². The SMILES string of the molecule is C1CCC2(C1)S1=S2C1. The Morgan fingerprint density at radius 1 is 1.00 bits per heavy atom. The smallest absolute Gasteiger partial charge is 0.0627 e. The zero-order valence-electron chi connectivity index (χ0n) is 4.85. The topological polar surface area (TPSA) is 0 Å². The molecule has 2 aliphatic heterocycles. The predicted octanol–water partition coefficient (Wildman–Crippen LogP) is 1.39. The minimum atomic E-state index is 1.05. The first-order valence-corrected chi connectivity index (χ1v) is 6.66. The van der Waals surface area contributed by atoms with E-state index in [0.29, 0.717) is 0 Å². The van der Waals surface area contributed by atoms with Gasteiger partial charge < -0.3 is 0 Å². The standard InChI is InChI=1S/C6H10S2/c1-2-4-6(3-1)7-5-8(6)7/h1-5H2. The third-order valence-electron chi connectivity index (χ3n) is 2.56. The molecular weight excluding hydrogens is 136 g/mol. The quantitative estimate of drug-likeness (QED) is 0.484. The number of rotatable bonds is 0. The fraction of sp³-hybridized carbons (Fsp3) is 1.00. The van der Waals surface area contributed by atoms with Crippen LogP contribution >= 0.6 is 0 Å². The Morgan fingerprint density at radius 3 is 1.88 bits per heavy atom. The molecule has 8 heavy (non-hydrogen) atoms. The third-order valence-corrected chi connectivity index (χ3v) is 10.5. The van der Waals surface area contributed by atoms with E-state index < -0.39 is 0 Å². The summed E-state index contributed by atoms with van der Waals surface area (Å²) in [4.78, 5) is 0. The molecule has 0 aromatic heterocycles. The van der Waals surface area contributed by atoms with E-state index >= 15 is 0 Å². The van der Waals surface area contributed by atoms with E-state index in [2.05, 4.69) is 0 Å². The number of hydrogen-bond acceptors (Lipinski definition) is 0. The van der Waals surface area contributed by atoms with Gasteiger partial charge in [0.05, 0.1) is 4.08 Å². The van der Waals surface area contributed by atoms with E-state index in [9.17, 15) is 0 Å². The van der Waals surface area contributed by atoms with Crippen molar-refractivity contribution in [3.63, 3.8) is 0 Å². The summed E-state index contributed by atoms with van der Waals surface area (Å²) in [5.41, 5.74) is 0. The van der Waals surface area contributed by atoms with E-state index in [4.69, 9.17) is 0 Å². The van der Waals surface area contributed by atoms with Gasteiger partial charge in [-0.1, -0.05) is 12.8 Å². The zero-order chi connectivity index (χ0) is 5.19. The zero-order valence-corrected chi connectivity index (χ0v) is 6.49. The van der Waals surface area contributed by atoms with Crippen LogP contribution in [0, 0.1) is 0 Å². The van der Waals surface area contributed by atoms with Gasteiger partial charge in [0.1, 0.15) is 0 Å². The van der Waals surface area contributed by atoms with Crippen LogP contribution in [0.5, 0.6) is 0 Å². The van der Waals surface area contributed by atoms with Crippen LogP contribution in [0.4, 0.5) is 0 Å². The highest BCUT2D eigenvalue weighted by molar-refractivity contribution is 8.76. The molecule has 1 saturated carbocycles. The van der Waals surface area contributed by atoms with Crippen LogP contribution in [0.25, 0.3) is 0 Å². The molecule has 2 unspecified atom stereocenters. The summed E-state index contributed by atoms with van der Waals surface area (Å²) >= 11 is 0. The van der Waals surface area contributed by atoms with Crippen LogP contribution in [0.3, 0.4) is 0 Å². The van der Waals surface area contributed by atoms with Crippen molar-refractivity contribution in [3.8, 4) is 0 Å². The van der Waals surface area contributed by atoms with Gasteiger partial charge in [-0.2, -0.15) is 0 Å². The van der Waals surface area contributed by atoms with Gasteiger partial charge in [-0.05, 0) is 12.8 Å². The third kappa shape index (κ3) is 0.330. The largest absolute Gasteiger partial charge is 0.133 e. The Morgan fingerprint density at radius 2 is 1.62 bits per heavy atom.